The van der Waals surface area contributed by atoms with E-state index in [0.29, 0.717) is 5.75 Å². The molecule has 0 unspecified atom stereocenters. The third-order valence-corrected chi connectivity index (χ3v) is 5.74. The van der Waals surface area contributed by atoms with Crippen molar-refractivity contribution < 1.29 is 19.3 Å². The summed E-state index contributed by atoms with van der Waals surface area (Å²) in [4.78, 5) is 0. The zero-order valence-electron chi connectivity index (χ0n) is 18.3. The number of ether oxygens (including phenoxy) is 1. The third kappa shape index (κ3) is 3.86. The quantitative estimate of drug-likeness (QED) is 0.317. The topological polar surface area (TPSA) is 83.3 Å². The summed E-state index contributed by atoms with van der Waals surface area (Å²) in [7, 11) is 0. The molecule has 0 atom stereocenters. The van der Waals surface area contributed by atoms with Gasteiger partial charge in [0, 0.05) is 27.7 Å². The van der Waals surface area contributed by atoms with Crippen molar-refractivity contribution in [1.82, 2.24) is 14.8 Å². The van der Waals surface area contributed by atoms with Crippen molar-refractivity contribution in [3.8, 4) is 22.6 Å². The highest BCUT2D eigenvalue weighted by atomic mass is 19.1. The largest absolute Gasteiger partial charge is 0.488 e. The van der Waals surface area contributed by atoms with Crippen molar-refractivity contribution in [2.24, 2.45) is 0 Å². The van der Waals surface area contributed by atoms with Crippen LogP contribution in [0, 0.1) is 5.82 Å². The summed E-state index contributed by atoms with van der Waals surface area (Å²) in [5.41, 5.74) is 6.02. The highest BCUT2D eigenvalue weighted by molar-refractivity contribution is 6.05. The highest BCUT2D eigenvalue weighted by Gasteiger charge is 2.23. The van der Waals surface area contributed by atoms with E-state index >= 15 is 0 Å². The van der Waals surface area contributed by atoms with Crippen LogP contribution in [-0.2, 0) is 0 Å². The second-order valence-corrected chi connectivity index (χ2v) is 8.37. The number of H-pyrrole nitrogens is 1. The summed E-state index contributed by atoms with van der Waals surface area (Å²) < 4.78 is 21.3. The number of fused-ring (bicyclic) bond motifs is 2. The van der Waals surface area contributed by atoms with E-state index < -0.39 is 6.29 Å². The van der Waals surface area contributed by atoms with Crippen LogP contribution in [-0.4, -0.2) is 37.9 Å². The van der Waals surface area contributed by atoms with Gasteiger partial charge in [0.25, 0.3) is 0 Å². The number of aromatic amines is 1. The minimum absolute atomic E-state index is 0.175. The maximum absolute atomic E-state index is 13.7. The van der Waals surface area contributed by atoms with Crippen molar-refractivity contribution in [3.05, 3.63) is 78.4 Å². The monoisotopic (exact) mass is 445 g/mol. The number of halogens is 1. The fraction of sp³-hybridized carbons (Fsp3) is 0.192. The first-order valence-corrected chi connectivity index (χ1v) is 10.8. The summed E-state index contributed by atoms with van der Waals surface area (Å²) in [6.45, 7) is 4.09. The first kappa shape index (κ1) is 21.2. The van der Waals surface area contributed by atoms with Gasteiger partial charge in [-0.3, -0.25) is 5.10 Å². The van der Waals surface area contributed by atoms with Crippen LogP contribution in [0.2, 0.25) is 0 Å². The molecule has 0 aliphatic rings. The van der Waals surface area contributed by atoms with E-state index in [1.807, 2.05) is 24.3 Å². The van der Waals surface area contributed by atoms with Crippen LogP contribution in [0.5, 0.6) is 5.75 Å². The lowest BCUT2D eigenvalue weighted by Gasteiger charge is -2.16. The second-order valence-electron chi connectivity index (χ2n) is 8.37. The first-order valence-electron chi connectivity index (χ1n) is 10.8. The van der Waals surface area contributed by atoms with Crippen LogP contribution in [0.25, 0.3) is 38.6 Å². The molecule has 0 saturated heterocycles. The molecule has 3 aromatic carbocycles. The van der Waals surface area contributed by atoms with Crippen molar-refractivity contribution in [3.63, 3.8) is 0 Å². The Morgan fingerprint density at radius 1 is 1.03 bits per heavy atom. The summed E-state index contributed by atoms with van der Waals surface area (Å²) in [6, 6.07) is 18.3. The van der Waals surface area contributed by atoms with E-state index in [9.17, 15) is 4.39 Å². The molecule has 0 saturated carbocycles. The Morgan fingerprint density at radius 2 is 1.76 bits per heavy atom. The zero-order chi connectivity index (χ0) is 23.1. The molecule has 2 aromatic heterocycles. The average molecular weight is 445 g/mol. The van der Waals surface area contributed by atoms with Crippen LogP contribution in [0.4, 0.5) is 4.39 Å². The summed E-state index contributed by atoms with van der Waals surface area (Å²) in [6.07, 6.45) is 0.274. The van der Waals surface area contributed by atoms with E-state index in [0.717, 1.165) is 44.3 Å². The Bertz CT molecular complexity index is 1420. The minimum Gasteiger partial charge on any atom is -0.488 e. The molecule has 5 rings (SSSR count). The minimum atomic E-state index is -1.53. The van der Waals surface area contributed by atoms with Gasteiger partial charge in [0.2, 0.25) is 0 Å². The van der Waals surface area contributed by atoms with Gasteiger partial charge in [-0.15, -0.1) is 0 Å². The van der Waals surface area contributed by atoms with Crippen LogP contribution >= 0.6 is 0 Å². The van der Waals surface area contributed by atoms with E-state index in [4.69, 9.17) is 14.9 Å². The lowest BCUT2D eigenvalue weighted by molar-refractivity contribution is -0.0680. The number of nitrogens with one attached hydrogen (secondary N) is 1. The van der Waals surface area contributed by atoms with Gasteiger partial charge in [-0.2, -0.15) is 5.10 Å². The fourth-order valence-electron chi connectivity index (χ4n) is 4.35. The number of hydrogen-bond donors (Lipinski definition) is 3. The molecular formula is C26H24FN3O3. The van der Waals surface area contributed by atoms with Gasteiger partial charge in [0.05, 0.1) is 17.2 Å². The standard InChI is InChI=1S/C26H24FN3O3/c1-15(2)26-25(16-3-9-20(10-4-16)33-14-24(31)32)21-12-22-17(13-28-29-22)11-23(21)30(26)19-7-5-18(27)6-8-19/h3-13,15,24,31-32H,14H2,1-2H3,(H,28,29). The fourth-order valence-corrected chi connectivity index (χ4v) is 4.35. The normalized spacial score (nSPS) is 11.8. The van der Waals surface area contributed by atoms with E-state index in [2.05, 4.69) is 40.7 Å². The van der Waals surface area contributed by atoms with Crippen LogP contribution in [0.15, 0.2) is 66.9 Å². The molecule has 33 heavy (non-hydrogen) atoms. The molecule has 0 spiro atoms. The second kappa shape index (κ2) is 8.35. The van der Waals surface area contributed by atoms with Crippen molar-refractivity contribution in [2.45, 2.75) is 26.1 Å². The predicted octanol–water partition coefficient (Wildman–Crippen LogP) is 5.13. The number of nitrogens with zero attached hydrogens (tertiary/aromatic N) is 2. The molecule has 0 radical (unpaired) electrons. The Labute approximate surface area is 189 Å². The molecule has 3 N–H and O–H groups in total. The van der Waals surface area contributed by atoms with Crippen molar-refractivity contribution in [1.29, 1.82) is 0 Å². The SMILES string of the molecule is CC(C)c1c(-c2ccc(OCC(O)O)cc2)c2cc3[nH]ncc3cc2n1-c1ccc(F)cc1. The summed E-state index contributed by atoms with van der Waals surface area (Å²) in [5, 5.41) is 27.4. The van der Waals surface area contributed by atoms with E-state index in [-0.39, 0.29) is 18.3 Å². The highest BCUT2D eigenvalue weighted by Crippen LogP contribution is 2.42. The van der Waals surface area contributed by atoms with Crippen molar-refractivity contribution in [2.75, 3.05) is 6.61 Å². The number of rotatable bonds is 6. The molecule has 0 bridgehead atoms. The van der Waals surface area contributed by atoms with Crippen LogP contribution in [0.1, 0.15) is 25.5 Å². The molecule has 2 heterocycles. The smallest absolute Gasteiger partial charge is 0.186 e. The van der Waals surface area contributed by atoms with Gasteiger partial charge in [-0.25, -0.2) is 4.39 Å². The van der Waals surface area contributed by atoms with Crippen molar-refractivity contribution >= 4 is 21.8 Å². The molecule has 0 aliphatic carbocycles. The van der Waals surface area contributed by atoms with E-state index in [1.165, 1.54) is 12.1 Å². The first-order chi connectivity index (χ1) is 15.9. The lowest BCUT2D eigenvalue weighted by Crippen LogP contribution is -2.15. The molecule has 0 fully saturated rings. The number of benzene rings is 3. The molecular weight excluding hydrogens is 421 g/mol. The summed E-state index contributed by atoms with van der Waals surface area (Å²) >= 11 is 0. The molecule has 0 amide bonds. The number of hydrogen-bond acceptors (Lipinski definition) is 4. The molecule has 0 aliphatic heterocycles. The summed E-state index contributed by atoms with van der Waals surface area (Å²) in [5.74, 6) is 0.452. The number of aliphatic hydroxyl groups is 2. The molecule has 168 valence electrons. The van der Waals surface area contributed by atoms with Gasteiger partial charge < -0.3 is 19.5 Å². The molecule has 7 heteroatoms. The van der Waals surface area contributed by atoms with E-state index in [1.54, 1.807) is 18.3 Å². The van der Waals surface area contributed by atoms with Gasteiger partial charge in [0.1, 0.15) is 18.2 Å². The van der Waals surface area contributed by atoms with Gasteiger partial charge >= 0.3 is 0 Å². The van der Waals surface area contributed by atoms with Gasteiger partial charge in [-0.05, 0) is 60.0 Å². The van der Waals surface area contributed by atoms with Gasteiger partial charge in [0.15, 0.2) is 6.29 Å². The molecule has 5 aromatic rings. The zero-order valence-corrected chi connectivity index (χ0v) is 18.3. The Balaban J connectivity index is 1.77. The Morgan fingerprint density at radius 3 is 2.42 bits per heavy atom. The Kier molecular flexibility index (Phi) is 5.36. The average Bonchev–Trinajstić information content (AvgIpc) is 3.39. The Hall–Kier alpha value is -3.68. The van der Waals surface area contributed by atoms with Crippen LogP contribution < -0.4 is 4.74 Å². The predicted molar refractivity (Wildman–Crippen MR) is 126 cm³/mol. The third-order valence-electron chi connectivity index (χ3n) is 5.74. The number of aromatic nitrogens is 3. The van der Waals surface area contributed by atoms with Gasteiger partial charge in [-0.1, -0.05) is 26.0 Å². The maximum Gasteiger partial charge on any atom is 0.186 e. The number of aliphatic hydroxyl groups excluding tert-OH is 1. The molecule has 6 nitrogen and oxygen atoms in total. The maximum atomic E-state index is 13.7. The lowest BCUT2D eigenvalue weighted by atomic mass is 9.96. The van der Waals surface area contributed by atoms with Crippen LogP contribution in [0.3, 0.4) is 0 Å².